The number of nitrogens with zero attached hydrogens (tertiary/aromatic N) is 4. The lowest BCUT2D eigenvalue weighted by atomic mass is 10.3. The van der Waals surface area contributed by atoms with Gasteiger partial charge >= 0.3 is 0 Å². The van der Waals surface area contributed by atoms with Crippen LogP contribution >= 0.6 is 23.1 Å². The first-order valence-corrected chi connectivity index (χ1v) is 10.9. The zero-order chi connectivity index (χ0) is 20.1. The largest absolute Gasteiger partial charge is 0.492 e. The zero-order valence-corrected chi connectivity index (χ0v) is 17.3. The minimum atomic E-state index is -0.137. The summed E-state index contributed by atoms with van der Waals surface area (Å²) in [5, 5.41) is 14.2. The Morgan fingerprint density at radius 2 is 1.97 bits per heavy atom. The second kappa shape index (κ2) is 8.97. The number of ether oxygens (including phenoxy) is 1. The summed E-state index contributed by atoms with van der Waals surface area (Å²) < 4.78 is 9.37. The number of thioether (sulfide) groups is 1. The van der Waals surface area contributed by atoms with Crippen molar-refractivity contribution in [2.45, 2.75) is 12.1 Å². The molecule has 0 bridgehead atoms. The lowest BCUT2D eigenvalue weighted by Crippen LogP contribution is -2.16. The normalized spacial score (nSPS) is 10.8. The molecule has 0 aliphatic heterocycles. The van der Waals surface area contributed by atoms with Gasteiger partial charge in [-0.25, -0.2) is 4.68 Å². The summed E-state index contributed by atoms with van der Waals surface area (Å²) in [5.41, 5.74) is 0.658. The van der Waals surface area contributed by atoms with Gasteiger partial charge in [-0.2, -0.15) is 0 Å². The number of rotatable bonds is 8. The highest BCUT2D eigenvalue weighted by atomic mass is 32.2. The maximum atomic E-state index is 12.5. The van der Waals surface area contributed by atoms with E-state index in [0.29, 0.717) is 23.2 Å². The molecule has 0 saturated carbocycles. The van der Waals surface area contributed by atoms with Crippen molar-refractivity contribution in [3.8, 4) is 16.5 Å². The fourth-order valence-corrected chi connectivity index (χ4v) is 4.18. The van der Waals surface area contributed by atoms with Crippen molar-refractivity contribution in [2.24, 2.45) is 0 Å². The Morgan fingerprint density at radius 3 is 2.72 bits per heavy atom. The van der Waals surface area contributed by atoms with Crippen LogP contribution in [0.5, 0.6) is 5.75 Å². The summed E-state index contributed by atoms with van der Waals surface area (Å²) in [5.74, 6) is 1.45. The molecule has 1 N–H and O–H groups in total. The van der Waals surface area contributed by atoms with Crippen molar-refractivity contribution in [1.29, 1.82) is 0 Å². The molecule has 0 unspecified atom stereocenters. The third kappa shape index (κ3) is 4.36. The summed E-state index contributed by atoms with van der Waals surface area (Å²) in [7, 11) is 0. The lowest BCUT2D eigenvalue weighted by Gasteiger charge is -2.12. The fourth-order valence-electron chi connectivity index (χ4n) is 2.75. The van der Waals surface area contributed by atoms with Gasteiger partial charge < -0.3 is 10.1 Å². The zero-order valence-electron chi connectivity index (χ0n) is 15.7. The Bertz CT molecular complexity index is 1070. The van der Waals surface area contributed by atoms with Gasteiger partial charge in [0, 0.05) is 12.4 Å². The molecule has 0 aliphatic rings. The molecule has 0 aliphatic carbocycles. The first kappa shape index (κ1) is 19.3. The molecule has 0 atom stereocenters. The van der Waals surface area contributed by atoms with Gasteiger partial charge in [-0.1, -0.05) is 30.0 Å². The molecule has 9 heteroatoms. The molecule has 3 heterocycles. The first-order chi connectivity index (χ1) is 14.3. The van der Waals surface area contributed by atoms with Gasteiger partial charge in [0.25, 0.3) is 0 Å². The summed E-state index contributed by atoms with van der Waals surface area (Å²) in [6.07, 6.45) is 3.84. The molecule has 0 fully saturated rings. The summed E-state index contributed by atoms with van der Waals surface area (Å²) >= 11 is 2.92. The second-order valence-corrected chi connectivity index (χ2v) is 7.81. The number of carbonyl (C=O) groups is 1. The maximum Gasteiger partial charge on any atom is 0.234 e. The summed E-state index contributed by atoms with van der Waals surface area (Å²) in [6.45, 7) is 2.45. The Hall–Kier alpha value is -3.04. The number of carbonyl (C=O) groups excluding carboxylic acids is 1. The number of thiophene rings is 1. The highest BCUT2D eigenvalue weighted by molar-refractivity contribution is 7.99. The standard InChI is InChI=1S/C20H19N5O2S2/c1-2-27-16-9-4-3-8-15(16)21-18(26)14-29-20-23-22-19(17-10-7-13-28-17)25(20)24-11-5-6-12-24/h3-13H,2,14H2,1H3,(H,21,26). The SMILES string of the molecule is CCOc1ccccc1NC(=O)CSc1nnc(-c2cccs2)n1-n1cccc1. The molecular weight excluding hydrogens is 406 g/mol. The Kier molecular flexibility index (Phi) is 5.97. The number of aromatic nitrogens is 4. The number of amides is 1. The van der Waals surface area contributed by atoms with E-state index in [2.05, 4.69) is 15.5 Å². The molecule has 0 spiro atoms. The molecule has 4 aromatic rings. The molecule has 148 valence electrons. The number of hydrogen-bond acceptors (Lipinski definition) is 6. The van der Waals surface area contributed by atoms with Gasteiger partial charge in [0.15, 0.2) is 5.82 Å². The van der Waals surface area contributed by atoms with Crippen LogP contribution in [0.3, 0.4) is 0 Å². The highest BCUT2D eigenvalue weighted by Gasteiger charge is 2.18. The number of para-hydroxylation sites is 2. The average molecular weight is 426 g/mol. The maximum absolute atomic E-state index is 12.5. The smallest absolute Gasteiger partial charge is 0.234 e. The number of anilines is 1. The van der Waals surface area contributed by atoms with Crippen LogP contribution in [0.1, 0.15) is 6.92 Å². The quantitative estimate of drug-likeness (QED) is 0.427. The van der Waals surface area contributed by atoms with Gasteiger partial charge in [-0.15, -0.1) is 21.5 Å². The van der Waals surface area contributed by atoms with Gasteiger partial charge in [-0.05, 0) is 42.6 Å². The molecule has 7 nitrogen and oxygen atoms in total. The number of nitrogens with one attached hydrogen (secondary N) is 1. The average Bonchev–Trinajstić information content (AvgIpc) is 3.48. The van der Waals surface area contributed by atoms with E-state index in [4.69, 9.17) is 4.74 Å². The van der Waals surface area contributed by atoms with E-state index >= 15 is 0 Å². The first-order valence-electron chi connectivity index (χ1n) is 9.03. The van der Waals surface area contributed by atoms with Crippen molar-refractivity contribution in [3.63, 3.8) is 0 Å². The third-order valence-corrected chi connectivity index (χ3v) is 5.75. The summed E-state index contributed by atoms with van der Waals surface area (Å²) in [6, 6.07) is 15.2. The van der Waals surface area contributed by atoms with E-state index in [1.807, 2.05) is 82.6 Å². The highest BCUT2D eigenvalue weighted by Crippen LogP contribution is 2.28. The van der Waals surface area contributed by atoms with Crippen molar-refractivity contribution in [2.75, 3.05) is 17.7 Å². The van der Waals surface area contributed by atoms with Crippen LogP contribution in [0.15, 0.2) is 71.5 Å². The Balaban J connectivity index is 1.51. The van der Waals surface area contributed by atoms with Gasteiger partial charge in [-0.3, -0.25) is 9.47 Å². The van der Waals surface area contributed by atoms with Crippen molar-refractivity contribution in [3.05, 3.63) is 66.3 Å². The van der Waals surface area contributed by atoms with Crippen molar-refractivity contribution < 1.29 is 9.53 Å². The van der Waals surface area contributed by atoms with Crippen LogP contribution in [0.25, 0.3) is 10.7 Å². The second-order valence-electron chi connectivity index (χ2n) is 5.92. The van der Waals surface area contributed by atoms with Crippen LogP contribution in [0, 0.1) is 0 Å². The molecular formula is C20H19N5O2S2. The van der Waals surface area contributed by atoms with E-state index < -0.39 is 0 Å². The Labute approximate surface area is 176 Å². The Morgan fingerprint density at radius 1 is 1.14 bits per heavy atom. The van der Waals surface area contributed by atoms with E-state index in [-0.39, 0.29) is 11.7 Å². The van der Waals surface area contributed by atoms with Gasteiger partial charge in [0.05, 0.1) is 22.9 Å². The van der Waals surface area contributed by atoms with Crippen LogP contribution in [-0.4, -0.2) is 37.8 Å². The molecule has 29 heavy (non-hydrogen) atoms. The predicted octanol–water partition coefficient (Wildman–Crippen LogP) is 4.25. The number of hydrogen-bond donors (Lipinski definition) is 1. The van der Waals surface area contributed by atoms with E-state index in [9.17, 15) is 4.79 Å². The lowest BCUT2D eigenvalue weighted by molar-refractivity contribution is -0.113. The monoisotopic (exact) mass is 425 g/mol. The fraction of sp³-hybridized carbons (Fsp3) is 0.150. The van der Waals surface area contributed by atoms with E-state index in [1.165, 1.54) is 11.8 Å². The van der Waals surface area contributed by atoms with E-state index in [0.717, 1.165) is 10.7 Å². The molecule has 0 saturated heterocycles. The molecule has 1 amide bonds. The molecule has 3 aromatic heterocycles. The van der Waals surface area contributed by atoms with Gasteiger partial charge in [0.1, 0.15) is 5.75 Å². The predicted molar refractivity (Wildman–Crippen MR) is 116 cm³/mol. The van der Waals surface area contributed by atoms with Crippen LogP contribution < -0.4 is 10.1 Å². The molecule has 0 radical (unpaired) electrons. The van der Waals surface area contributed by atoms with E-state index in [1.54, 1.807) is 11.3 Å². The third-order valence-electron chi connectivity index (χ3n) is 3.97. The van der Waals surface area contributed by atoms with Crippen LogP contribution in [0.4, 0.5) is 5.69 Å². The summed E-state index contributed by atoms with van der Waals surface area (Å²) in [4.78, 5) is 13.5. The van der Waals surface area contributed by atoms with Gasteiger partial charge in [0.2, 0.25) is 11.1 Å². The van der Waals surface area contributed by atoms with Crippen molar-refractivity contribution >= 4 is 34.7 Å². The molecule has 1 aromatic carbocycles. The minimum absolute atomic E-state index is 0.137. The number of benzene rings is 1. The van der Waals surface area contributed by atoms with Crippen LogP contribution in [0.2, 0.25) is 0 Å². The van der Waals surface area contributed by atoms with Crippen molar-refractivity contribution in [1.82, 2.24) is 19.5 Å². The minimum Gasteiger partial charge on any atom is -0.492 e. The molecule has 4 rings (SSSR count). The van der Waals surface area contributed by atoms with Crippen LogP contribution in [-0.2, 0) is 4.79 Å². The topological polar surface area (TPSA) is 74.0 Å².